The van der Waals surface area contributed by atoms with Crippen LogP contribution in [0.15, 0.2) is 54.6 Å². The van der Waals surface area contributed by atoms with Crippen LogP contribution in [-0.2, 0) is 11.3 Å². The number of halogens is 1. The summed E-state index contributed by atoms with van der Waals surface area (Å²) in [7, 11) is 1.60. The molecule has 4 rings (SSSR count). The molecule has 176 valence electrons. The number of carbonyl (C=O) groups is 1. The summed E-state index contributed by atoms with van der Waals surface area (Å²) in [6.45, 7) is 1.02. The van der Waals surface area contributed by atoms with E-state index in [0.717, 1.165) is 16.0 Å². The Morgan fingerprint density at radius 3 is 2.56 bits per heavy atom. The van der Waals surface area contributed by atoms with Crippen LogP contribution in [0.5, 0.6) is 5.75 Å². The number of ether oxygens (including phenoxy) is 2. The van der Waals surface area contributed by atoms with Gasteiger partial charge < -0.3 is 26.7 Å². The lowest BCUT2D eigenvalue weighted by Gasteiger charge is -2.22. The van der Waals surface area contributed by atoms with Gasteiger partial charge >= 0.3 is 6.03 Å². The molecule has 10 heteroatoms. The van der Waals surface area contributed by atoms with Crippen LogP contribution in [0.3, 0.4) is 0 Å². The normalized spacial score (nSPS) is 11.0. The number of nitrogen functional groups attached to an aromatic ring is 1. The zero-order valence-corrected chi connectivity index (χ0v) is 18.5. The van der Waals surface area contributed by atoms with E-state index in [2.05, 4.69) is 10.2 Å². The van der Waals surface area contributed by atoms with Gasteiger partial charge in [-0.3, -0.25) is 10.00 Å². The third kappa shape index (κ3) is 4.36. The van der Waals surface area contributed by atoms with E-state index >= 15 is 0 Å². The molecule has 0 aliphatic heterocycles. The quantitative estimate of drug-likeness (QED) is 0.293. The lowest BCUT2D eigenvalue weighted by molar-refractivity contribution is 0.147. The van der Waals surface area contributed by atoms with Crippen LogP contribution in [0.1, 0.15) is 5.56 Å². The number of amides is 2. The average molecular weight is 465 g/mol. The molecule has 0 saturated carbocycles. The van der Waals surface area contributed by atoms with Crippen LogP contribution < -0.4 is 26.8 Å². The molecule has 9 nitrogen and oxygen atoms in total. The van der Waals surface area contributed by atoms with E-state index in [9.17, 15) is 9.18 Å². The number of rotatable bonds is 8. The number of fused-ring (bicyclic) bond motifs is 1. The molecule has 0 aliphatic rings. The summed E-state index contributed by atoms with van der Waals surface area (Å²) in [6, 6.07) is 14.2. The number of nitrogens with one attached hydrogen (secondary N) is 1. The van der Waals surface area contributed by atoms with E-state index in [1.54, 1.807) is 37.4 Å². The zero-order chi connectivity index (χ0) is 24.2. The number of hydrogen-bond donors (Lipinski definition) is 4. The molecule has 7 N–H and O–H groups in total. The first-order valence-corrected chi connectivity index (χ1v) is 10.5. The smallest absolute Gasteiger partial charge is 0.323 e. The van der Waals surface area contributed by atoms with Gasteiger partial charge in [0.05, 0.1) is 23.4 Å². The van der Waals surface area contributed by atoms with Crippen molar-refractivity contribution in [3.05, 3.63) is 66.0 Å². The van der Waals surface area contributed by atoms with Crippen molar-refractivity contribution in [3.8, 4) is 16.9 Å². The predicted octanol–water partition coefficient (Wildman–Crippen LogP) is 3.65. The highest BCUT2D eigenvalue weighted by molar-refractivity contribution is 6.05. The zero-order valence-electron chi connectivity index (χ0n) is 18.5. The van der Waals surface area contributed by atoms with Gasteiger partial charge in [0.25, 0.3) is 0 Å². The molecule has 0 fully saturated rings. The molecule has 1 heterocycles. The molecule has 0 saturated heterocycles. The van der Waals surface area contributed by atoms with Gasteiger partial charge in [0.2, 0.25) is 0 Å². The van der Waals surface area contributed by atoms with E-state index in [4.69, 9.17) is 26.7 Å². The molecule has 1 aromatic heterocycles. The van der Waals surface area contributed by atoms with Crippen LogP contribution in [0, 0.1) is 5.82 Å². The number of methoxy groups -OCH3 is 1. The summed E-state index contributed by atoms with van der Waals surface area (Å²) in [5.74, 6) is 0.342. The van der Waals surface area contributed by atoms with Crippen molar-refractivity contribution in [2.45, 2.75) is 6.54 Å². The van der Waals surface area contributed by atoms with Gasteiger partial charge in [0.1, 0.15) is 23.7 Å². The van der Waals surface area contributed by atoms with E-state index in [1.807, 2.05) is 12.1 Å². The van der Waals surface area contributed by atoms with Crippen LogP contribution in [0.4, 0.5) is 26.4 Å². The van der Waals surface area contributed by atoms with Crippen molar-refractivity contribution in [3.63, 3.8) is 0 Å². The number of carbonyl (C=O) groups excluding carboxylic acids is 1. The van der Waals surface area contributed by atoms with Crippen molar-refractivity contribution in [1.29, 1.82) is 0 Å². The highest BCUT2D eigenvalue weighted by Crippen LogP contribution is 2.38. The summed E-state index contributed by atoms with van der Waals surface area (Å²) in [5, 5.41) is 7.74. The summed E-state index contributed by atoms with van der Waals surface area (Å²) < 4.78 is 25.3. The minimum Gasteiger partial charge on any atom is -0.489 e. The van der Waals surface area contributed by atoms with Crippen LogP contribution in [-0.4, -0.2) is 36.6 Å². The molecule has 0 aliphatic carbocycles. The second-order valence-corrected chi connectivity index (χ2v) is 7.52. The van der Waals surface area contributed by atoms with E-state index in [1.165, 1.54) is 12.1 Å². The van der Waals surface area contributed by atoms with Crippen molar-refractivity contribution >= 4 is 34.1 Å². The molecule has 4 aromatic rings. The molecule has 0 unspecified atom stereocenters. The number of primary amides is 1. The van der Waals surface area contributed by atoms with Gasteiger partial charge in [-0.25, -0.2) is 9.18 Å². The maximum absolute atomic E-state index is 14.5. The second-order valence-electron chi connectivity index (χ2n) is 7.52. The number of nitrogens with two attached hydrogens (primary N) is 3. The van der Waals surface area contributed by atoms with E-state index in [-0.39, 0.29) is 12.2 Å². The number of aromatic nitrogens is 2. The lowest BCUT2D eigenvalue weighted by Crippen LogP contribution is -2.32. The molecule has 0 atom stereocenters. The Morgan fingerprint density at radius 1 is 1.12 bits per heavy atom. The Balaban J connectivity index is 1.72. The molecular formula is C24H25FN6O3. The van der Waals surface area contributed by atoms with Gasteiger partial charge in [-0.1, -0.05) is 18.2 Å². The first-order chi connectivity index (χ1) is 16.4. The Hall–Kier alpha value is -4.15. The van der Waals surface area contributed by atoms with Crippen molar-refractivity contribution in [1.82, 2.24) is 10.2 Å². The fraction of sp³-hybridized carbons (Fsp3) is 0.167. The van der Waals surface area contributed by atoms with E-state index in [0.29, 0.717) is 46.9 Å². The van der Waals surface area contributed by atoms with Crippen LogP contribution in [0.25, 0.3) is 22.0 Å². The summed E-state index contributed by atoms with van der Waals surface area (Å²) in [5.41, 5.74) is 20.8. The maximum atomic E-state index is 14.5. The summed E-state index contributed by atoms with van der Waals surface area (Å²) in [4.78, 5) is 13.3. The number of hydrogen-bond acceptors (Lipinski definition) is 6. The SMILES string of the molecule is COCCOc1ccc(-c2ccc(N(C(N)=O)c3cc(CN)ccc3F)cc2)c2c(N)n[nH]c12. The van der Waals surface area contributed by atoms with Gasteiger partial charge in [-0.15, -0.1) is 0 Å². The molecular weight excluding hydrogens is 439 g/mol. The Labute approximate surface area is 195 Å². The molecule has 34 heavy (non-hydrogen) atoms. The topological polar surface area (TPSA) is 146 Å². The monoisotopic (exact) mass is 464 g/mol. The van der Waals surface area contributed by atoms with Gasteiger partial charge in [0, 0.05) is 13.7 Å². The lowest BCUT2D eigenvalue weighted by atomic mass is 10.0. The van der Waals surface area contributed by atoms with Gasteiger partial charge in [-0.2, -0.15) is 5.10 Å². The number of aromatic amines is 1. The Bertz CT molecular complexity index is 1320. The Morgan fingerprint density at radius 2 is 1.88 bits per heavy atom. The van der Waals surface area contributed by atoms with E-state index < -0.39 is 11.8 Å². The third-order valence-corrected chi connectivity index (χ3v) is 5.40. The molecule has 2 amide bonds. The van der Waals surface area contributed by atoms with Crippen LogP contribution >= 0.6 is 0 Å². The maximum Gasteiger partial charge on any atom is 0.323 e. The number of nitrogens with zero attached hydrogens (tertiary/aromatic N) is 2. The minimum absolute atomic E-state index is 0.0298. The molecule has 3 aromatic carbocycles. The largest absolute Gasteiger partial charge is 0.489 e. The first-order valence-electron chi connectivity index (χ1n) is 10.5. The van der Waals surface area contributed by atoms with Gasteiger partial charge in [0.15, 0.2) is 5.82 Å². The van der Waals surface area contributed by atoms with Crippen molar-refractivity contribution < 1.29 is 18.7 Å². The highest BCUT2D eigenvalue weighted by atomic mass is 19.1. The molecule has 0 spiro atoms. The average Bonchev–Trinajstić information content (AvgIpc) is 3.23. The molecule has 0 bridgehead atoms. The number of anilines is 3. The standard InChI is InChI=1S/C24H25FN6O3/c1-33-10-11-34-20-9-7-17(21-22(20)29-30-23(21)27)15-3-5-16(6-4-15)31(24(28)32)19-12-14(13-26)2-8-18(19)25/h2-9,12H,10-11,13,26H2,1H3,(H2,28,32)(H3,27,29,30). The predicted molar refractivity (Wildman–Crippen MR) is 129 cm³/mol. The summed E-state index contributed by atoms with van der Waals surface area (Å²) >= 11 is 0. The minimum atomic E-state index is -0.820. The Kier molecular flexibility index (Phi) is 6.62. The fourth-order valence-electron chi connectivity index (χ4n) is 3.76. The van der Waals surface area contributed by atoms with Crippen molar-refractivity contribution in [2.24, 2.45) is 11.5 Å². The second kappa shape index (κ2) is 9.77. The molecule has 0 radical (unpaired) electrons. The first kappa shape index (κ1) is 23.0. The van der Waals surface area contributed by atoms with Crippen LogP contribution in [0.2, 0.25) is 0 Å². The number of H-pyrrole nitrogens is 1. The van der Waals surface area contributed by atoms with Crippen molar-refractivity contribution in [2.75, 3.05) is 31.0 Å². The summed E-state index contributed by atoms with van der Waals surface area (Å²) in [6.07, 6.45) is 0. The number of urea groups is 1. The van der Waals surface area contributed by atoms with Gasteiger partial charge in [-0.05, 0) is 53.1 Å². The highest BCUT2D eigenvalue weighted by Gasteiger charge is 2.20. The number of benzene rings is 3. The fourth-order valence-corrected chi connectivity index (χ4v) is 3.76. The third-order valence-electron chi connectivity index (χ3n) is 5.40.